The quantitative estimate of drug-likeness (QED) is 0.800. The van der Waals surface area contributed by atoms with Gasteiger partial charge in [0.05, 0.1) is 5.56 Å². The highest BCUT2D eigenvalue weighted by Gasteiger charge is 2.14. The smallest absolute Gasteiger partial charge is 0.337 e. The Bertz CT molecular complexity index is 801. The van der Waals surface area contributed by atoms with Crippen LogP contribution in [-0.2, 0) is 0 Å². The van der Waals surface area contributed by atoms with Gasteiger partial charge in [-0.15, -0.1) is 10.2 Å². The number of hydrogen-bond acceptors (Lipinski definition) is 6. The molecule has 0 atom stereocenters. The third-order valence-corrected chi connectivity index (χ3v) is 4.59. The number of hydrogen-bond donors (Lipinski definition) is 1. The number of carboxylic acids is 1. The van der Waals surface area contributed by atoms with Crippen LogP contribution >= 0.6 is 23.1 Å². The minimum Gasteiger partial charge on any atom is -0.478 e. The molecule has 2 heterocycles. The second kappa shape index (κ2) is 5.18. The first-order valence-corrected chi connectivity index (χ1v) is 7.37. The Morgan fingerprint density at radius 2 is 2.00 bits per heavy atom. The average molecular weight is 303 g/mol. The van der Waals surface area contributed by atoms with Crippen molar-refractivity contribution in [2.75, 3.05) is 0 Å². The van der Waals surface area contributed by atoms with Crippen LogP contribution in [-0.4, -0.2) is 26.3 Å². The number of aromatic carboxylic acids is 1. The van der Waals surface area contributed by atoms with Crippen molar-refractivity contribution in [1.82, 2.24) is 15.2 Å². The molecule has 2 aromatic heterocycles. The fourth-order valence-corrected chi connectivity index (χ4v) is 3.64. The Balaban J connectivity index is 2.12. The molecular weight excluding hydrogens is 294 g/mol. The summed E-state index contributed by atoms with van der Waals surface area (Å²) < 4.78 is 0.795. The highest BCUT2D eigenvalue weighted by atomic mass is 32.2. The van der Waals surface area contributed by atoms with Crippen LogP contribution in [0, 0.1) is 6.92 Å². The van der Waals surface area contributed by atoms with Gasteiger partial charge in [-0.25, -0.2) is 9.78 Å². The minimum atomic E-state index is -0.975. The lowest BCUT2D eigenvalue weighted by Crippen LogP contribution is -1.99. The molecule has 3 rings (SSSR count). The van der Waals surface area contributed by atoms with Crippen molar-refractivity contribution in [3.8, 4) is 0 Å². The molecule has 0 spiro atoms. The van der Waals surface area contributed by atoms with Crippen LogP contribution in [0.5, 0.6) is 0 Å². The number of nitrogens with zero attached hydrogens (tertiary/aromatic N) is 3. The molecule has 0 fully saturated rings. The zero-order valence-corrected chi connectivity index (χ0v) is 12.0. The summed E-state index contributed by atoms with van der Waals surface area (Å²) in [5, 5.41) is 20.3. The van der Waals surface area contributed by atoms with Gasteiger partial charge in [-0.3, -0.25) is 0 Å². The van der Waals surface area contributed by atoms with E-state index in [4.69, 9.17) is 0 Å². The molecule has 0 unspecified atom stereocenters. The number of benzene rings is 1. The van der Waals surface area contributed by atoms with Crippen molar-refractivity contribution in [3.63, 3.8) is 0 Å². The van der Waals surface area contributed by atoms with Gasteiger partial charge in [0.1, 0.15) is 10.0 Å². The molecule has 100 valence electrons. The van der Waals surface area contributed by atoms with Crippen LogP contribution in [0.15, 0.2) is 39.8 Å². The Hall–Kier alpha value is -1.99. The van der Waals surface area contributed by atoms with E-state index >= 15 is 0 Å². The van der Waals surface area contributed by atoms with Gasteiger partial charge in [-0.2, -0.15) is 0 Å². The van der Waals surface area contributed by atoms with Crippen LogP contribution in [0.1, 0.15) is 15.4 Å². The number of carbonyl (C=O) groups is 1. The first kappa shape index (κ1) is 13.0. The molecule has 0 aliphatic heterocycles. The maximum absolute atomic E-state index is 11.2. The lowest BCUT2D eigenvalue weighted by molar-refractivity contribution is 0.0698. The van der Waals surface area contributed by atoms with E-state index < -0.39 is 5.97 Å². The first-order valence-electron chi connectivity index (χ1n) is 5.74. The Kier molecular flexibility index (Phi) is 3.37. The summed E-state index contributed by atoms with van der Waals surface area (Å²) in [5.74, 6) is -0.975. The Morgan fingerprint density at radius 1 is 1.25 bits per heavy atom. The average Bonchev–Trinajstić information content (AvgIpc) is 2.84. The zero-order valence-electron chi connectivity index (χ0n) is 10.4. The van der Waals surface area contributed by atoms with Gasteiger partial charge in [-0.05, 0) is 18.7 Å². The second-order valence-electron chi connectivity index (χ2n) is 4.02. The van der Waals surface area contributed by atoms with Crippen molar-refractivity contribution >= 4 is 39.8 Å². The van der Waals surface area contributed by atoms with Crippen LogP contribution < -0.4 is 0 Å². The molecule has 0 aliphatic carbocycles. The van der Waals surface area contributed by atoms with Gasteiger partial charge < -0.3 is 5.11 Å². The van der Waals surface area contributed by atoms with Gasteiger partial charge in [0.2, 0.25) is 0 Å². The van der Waals surface area contributed by atoms with Gasteiger partial charge in [0.25, 0.3) is 0 Å². The molecule has 0 aliphatic rings. The van der Waals surface area contributed by atoms with Crippen LogP contribution in [0.3, 0.4) is 0 Å². The van der Waals surface area contributed by atoms with E-state index in [9.17, 15) is 9.90 Å². The normalized spacial score (nSPS) is 10.8. The molecular formula is C13H9N3O2S2. The summed E-state index contributed by atoms with van der Waals surface area (Å²) >= 11 is 2.89. The van der Waals surface area contributed by atoms with E-state index in [1.165, 1.54) is 29.3 Å². The fraction of sp³-hybridized carbons (Fsp3) is 0.0769. The summed E-state index contributed by atoms with van der Waals surface area (Å²) in [6.45, 7) is 1.89. The highest BCUT2D eigenvalue weighted by Crippen LogP contribution is 2.34. The molecule has 1 N–H and O–H groups in total. The van der Waals surface area contributed by atoms with E-state index in [0.29, 0.717) is 5.39 Å². The van der Waals surface area contributed by atoms with Crippen molar-refractivity contribution in [3.05, 3.63) is 41.0 Å². The van der Waals surface area contributed by atoms with E-state index in [2.05, 4.69) is 15.2 Å². The highest BCUT2D eigenvalue weighted by molar-refractivity contribution is 8.01. The predicted molar refractivity (Wildman–Crippen MR) is 77.5 cm³/mol. The fourth-order valence-electron chi connectivity index (χ4n) is 1.82. The molecule has 20 heavy (non-hydrogen) atoms. The number of aryl methyl sites for hydroxylation is 1. The van der Waals surface area contributed by atoms with Crippen LogP contribution in [0.4, 0.5) is 0 Å². The number of fused-ring (bicyclic) bond motifs is 1. The Labute approximate surface area is 122 Å². The predicted octanol–water partition coefficient (Wildman–Crippen LogP) is 3.24. The van der Waals surface area contributed by atoms with Crippen LogP contribution in [0.25, 0.3) is 10.8 Å². The van der Waals surface area contributed by atoms with Crippen molar-refractivity contribution in [2.24, 2.45) is 0 Å². The molecule has 0 amide bonds. The standard InChI is InChI=1S/C13H9N3O2S2/c1-7-15-16-13(19-7)20-11-9-5-3-2-4-8(9)10(6-14-11)12(17)18/h2-6H,1H3,(H,17,18). The van der Waals surface area contributed by atoms with Crippen molar-refractivity contribution in [2.45, 2.75) is 16.3 Å². The number of pyridine rings is 1. The van der Waals surface area contributed by atoms with Gasteiger partial charge in [-0.1, -0.05) is 35.6 Å². The summed E-state index contributed by atoms with van der Waals surface area (Å²) in [5.41, 5.74) is 0.207. The molecule has 0 saturated heterocycles. The number of aromatic nitrogens is 3. The topological polar surface area (TPSA) is 76.0 Å². The molecule has 1 aromatic carbocycles. The summed E-state index contributed by atoms with van der Waals surface area (Å²) in [6, 6.07) is 7.34. The molecule has 0 bridgehead atoms. The maximum atomic E-state index is 11.2. The van der Waals surface area contributed by atoms with Crippen molar-refractivity contribution < 1.29 is 9.90 Å². The maximum Gasteiger partial charge on any atom is 0.337 e. The third kappa shape index (κ3) is 2.37. The second-order valence-corrected chi connectivity index (χ2v) is 6.43. The largest absolute Gasteiger partial charge is 0.478 e. The SMILES string of the molecule is Cc1nnc(Sc2ncc(C(=O)O)c3ccccc23)s1. The third-order valence-electron chi connectivity index (χ3n) is 2.68. The monoisotopic (exact) mass is 303 g/mol. The summed E-state index contributed by atoms with van der Waals surface area (Å²) in [6.07, 6.45) is 1.39. The first-order chi connectivity index (χ1) is 9.65. The van der Waals surface area contributed by atoms with E-state index in [1.54, 1.807) is 6.07 Å². The molecule has 0 saturated carbocycles. The summed E-state index contributed by atoms with van der Waals surface area (Å²) in [4.78, 5) is 15.5. The van der Waals surface area contributed by atoms with E-state index in [0.717, 1.165) is 19.8 Å². The minimum absolute atomic E-state index is 0.207. The lowest BCUT2D eigenvalue weighted by atomic mass is 10.1. The van der Waals surface area contributed by atoms with E-state index in [1.807, 2.05) is 25.1 Å². The Morgan fingerprint density at radius 3 is 2.65 bits per heavy atom. The van der Waals surface area contributed by atoms with Gasteiger partial charge >= 0.3 is 5.97 Å². The number of carboxylic acid groups (broad SMARTS) is 1. The van der Waals surface area contributed by atoms with Crippen molar-refractivity contribution in [1.29, 1.82) is 0 Å². The molecule has 0 radical (unpaired) electrons. The zero-order chi connectivity index (χ0) is 14.1. The van der Waals surface area contributed by atoms with E-state index in [-0.39, 0.29) is 5.56 Å². The molecule has 5 nitrogen and oxygen atoms in total. The summed E-state index contributed by atoms with van der Waals surface area (Å²) in [7, 11) is 0. The van der Waals surface area contributed by atoms with Gasteiger partial charge in [0, 0.05) is 17.0 Å². The molecule has 3 aromatic rings. The number of rotatable bonds is 3. The van der Waals surface area contributed by atoms with Gasteiger partial charge in [0.15, 0.2) is 4.34 Å². The van der Waals surface area contributed by atoms with Crippen LogP contribution in [0.2, 0.25) is 0 Å². The molecule has 7 heteroatoms. The lowest BCUT2D eigenvalue weighted by Gasteiger charge is -2.06.